The van der Waals surface area contributed by atoms with Crippen molar-refractivity contribution in [3.8, 4) is 6.07 Å². The molecule has 1 aromatic carbocycles. The molecule has 1 aliphatic carbocycles. The SMILES string of the molecule is C[C@H]1CCc2nc(S[C@H]3CC(=O)N(c4ccc(Br)cc4)C3=O)c(C#N)cc2C1. The van der Waals surface area contributed by atoms with Crippen molar-refractivity contribution in [1.82, 2.24) is 4.98 Å². The number of pyridine rings is 1. The van der Waals surface area contributed by atoms with Gasteiger partial charge in [-0.05, 0) is 61.1 Å². The van der Waals surface area contributed by atoms with Crippen molar-refractivity contribution in [2.75, 3.05) is 4.90 Å². The van der Waals surface area contributed by atoms with E-state index in [0.29, 0.717) is 22.2 Å². The molecule has 1 aromatic heterocycles. The van der Waals surface area contributed by atoms with Crippen LogP contribution >= 0.6 is 27.7 Å². The fourth-order valence-corrected chi connectivity index (χ4v) is 5.05. The average molecular weight is 456 g/mol. The Labute approximate surface area is 176 Å². The number of hydrogen-bond donors (Lipinski definition) is 0. The lowest BCUT2D eigenvalue weighted by Crippen LogP contribution is -2.31. The van der Waals surface area contributed by atoms with Crippen LogP contribution in [0, 0.1) is 17.2 Å². The maximum Gasteiger partial charge on any atom is 0.247 e. The van der Waals surface area contributed by atoms with Gasteiger partial charge in [-0.25, -0.2) is 9.88 Å². The number of nitriles is 1. The number of aromatic nitrogens is 1. The first kappa shape index (κ1) is 19.2. The van der Waals surface area contributed by atoms with E-state index in [1.165, 1.54) is 16.7 Å². The second-order valence-corrected chi connectivity index (χ2v) is 9.37. The summed E-state index contributed by atoms with van der Waals surface area (Å²) in [6.45, 7) is 2.21. The van der Waals surface area contributed by atoms with Crippen molar-refractivity contribution in [3.63, 3.8) is 0 Å². The second-order valence-electron chi connectivity index (χ2n) is 7.26. The number of carbonyl (C=O) groups is 2. The lowest BCUT2D eigenvalue weighted by Gasteiger charge is -2.22. The van der Waals surface area contributed by atoms with Gasteiger partial charge in [0.05, 0.1) is 16.5 Å². The fraction of sp³-hybridized carbons (Fsp3) is 0.333. The molecule has 2 amide bonds. The monoisotopic (exact) mass is 455 g/mol. The van der Waals surface area contributed by atoms with Crippen molar-refractivity contribution >= 4 is 45.2 Å². The van der Waals surface area contributed by atoms with Gasteiger partial charge < -0.3 is 0 Å². The zero-order valence-corrected chi connectivity index (χ0v) is 17.7. The summed E-state index contributed by atoms with van der Waals surface area (Å²) < 4.78 is 0.882. The highest BCUT2D eigenvalue weighted by Gasteiger charge is 2.40. The topological polar surface area (TPSA) is 74.1 Å². The molecule has 0 unspecified atom stereocenters. The minimum atomic E-state index is -0.559. The van der Waals surface area contributed by atoms with Gasteiger partial charge >= 0.3 is 0 Å². The quantitative estimate of drug-likeness (QED) is 0.646. The number of imide groups is 1. The molecule has 2 aromatic rings. The van der Waals surface area contributed by atoms with E-state index in [9.17, 15) is 14.9 Å². The first-order valence-corrected chi connectivity index (χ1v) is 10.9. The molecule has 0 radical (unpaired) electrons. The lowest BCUT2D eigenvalue weighted by molar-refractivity contribution is -0.121. The maximum atomic E-state index is 12.9. The summed E-state index contributed by atoms with van der Waals surface area (Å²) in [6, 6.07) is 11.2. The Balaban J connectivity index is 1.60. The largest absolute Gasteiger partial charge is 0.274 e. The number of carbonyl (C=O) groups excluding carboxylic acids is 2. The number of benzene rings is 1. The zero-order chi connectivity index (χ0) is 19.8. The summed E-state index contributed by atoms with van der Waals surface area (Å²) in [7, 11) is 0. The van der Waals surface area contributed by atoms with Gasteiger partial charge in [-0.1, -0.05) is 34.6 Å². The van der Waals surface area contributed by atoms with Crippen LogP contribution in [0.15, 0.2) is 39.8 Å². The van der Waals surface area contributed by atoms with Crippen molar-refractivity contribution in [2.45, 2.75) is 42.9 Å². The van der Waals surface area contributed by atoms with Crippen molar-refractivity contribution in [3.05, 3.63) is 51.6 Å². The first-order chi connectivity index (χ1) is 13.5. The van der Waals surface area contributed by atoms with E-state index in [0.717, 1.165) is 35.0 Å². The number of hydrogen-bond acceptors (Lipinski definition) is 5. The summed E-state index contributed by atoms with van der Waals surface area (Å²) in [5.74, 6) is 0.109. The van der Waals surface area contributed by atoms with Gasteiger partial charge in [0.2, 0.25) is 11.8 Å². The maximum absolute atomic E-state index is 12.9. The van der Waals surface area contributed by atoms with Gasteiger partial charge in [0.1, 0.15) is 11.1 Å². The highest BCUT2D eigenvalue weighted by atomic mass is 79.9. The number of thioether (sulfide) groups is 1. The molecule has 2 heterocycles. The van der Waals surface area contributed by atoms with Crippen molar-refractivity contribution < 1.29 is 9.59 Å². The van der Waals surface area contributed by atoms with Crippen LogP contribution in [0.25, 0.3) is 0 Å². The van der Waals surface area contributed by atoms with Crippen LogP contribution in [0.2, 0.25) is 0 Å². The Morgan fingerprint density at radius 3 is 2.71 bits per heavy atom. The molecule has 5 nitrogen and oxygen atoms in total. The number of anilines is 1. The Morgan fingerprint density at radius 1 is 1.25 bits per heavy atom. The lowest BCUT2D eigenvalue weighted by atomic mass is 9.87. The van der Waals surface area contributed by atoms with Crippen molar-refractivity contribution in [1.29, 1.82) is 5.26 Å². The number of rotatable bonds is 3. The van der Waals surface area contributed by atoms with Crippen LogP contribution in [-0.2, 0) is 22.4 Å². The van der Waals surface area contributed by atoms with Crippen LogP contribution in [0.1, 0.15) is 36.6 Å². The molecule has 7 heteroatoms. The smallest absolute Gasteiger partial charge is 0.247 e. The first-order valence-electron chi connectivity index (χ1n) is 9.18. The number of nitrogens with zero attached hydrogens (tertiary/aromatic N) is 3. The predicted octanol–water partition coefficient (Wildman–Crippen LogP) is 4.26. The molecule has 0 N–H and O–H groups in total. The molecule has 28 heavy (non-hydrogen) atoms. The third kappa shape index (κ3) is 3.59. The molecule has 1 aliphatic heterocycles. The van der Waals surface area contributed by atoms with Crippen LogP contribution in [0.3, 0.4) is 0 Å². The highest BCUT2D eigenvalue weighted by Crippen LogP contribution is 2.36. The fourth-order valence-electron chi connectivity index (χ4n) is 3.69. The minimum absolute atomic E-state index is 0.111. The Kier molecular flexibility index (Phi) is 5.26. The Bertz CT molecular complexity index is 1000. The van der Waals surface area contributed by atoms with E-state index in [2.05, 4.69) is 28.9 Å². The normalized spacial score (nSPS) is 21.5. The third-order valence-corrected chi connectivity index (χ3v) is 6.88. The molecular formula is C21H18BrN3O2S. The van der Waals surface area contributed by atoms with E-state index in [1.807, 2.05) is 6.07 Å². The number of halogens is 1. The molecular weight excluding hydrogens is 438 g/mol. The summed E-state index contributed by atoms with van der Waals surface area (Å²) >= 11 is 4.59. The van der Waals surface area contributed by atoms with E-state index < -0.39 is 5.25 Å². The van der Waals surface area contributed by atoms with E-state index in [-0.39, 0.29) is 18.2 Å². The highest BCUT2D eigenvalue weighted by molar-refractivity contribution is 9.10. The molecule has 0 spiro atoms. The summed E-state index contributed by atoms with van der Waals surface area (Å²) in [4.78, 5) is 31.3. The van der Waals surface area contributed by atoms with E-state index >= 15 is 0 Å². The standard InChI is InChI=1S/C21H18BrN3O2S/c1-12-2-7-17-13(8-12)9-14(11-23)20(24-17)28-18-10-19(26)25(21(18)27)16-5-3-15(22)4-6-16/h3-6,9,12,18H,2,7-8,10H2,1H3/t12-,18-/m0/s1. The molecule has 2 atom stereocenters. The predicted molar refractivity (Wildman–Crippen MR) is 111 cm³/mol. The Morgan fingerprint density at radius 2 is 2.00 bits per heavy atom. The van der Waals surface area contributed by atoms with Gasteiger partial charge in [-0.3, -0.25) is 9.59 Å². The minimum Gasteiger partial charge on any atom is -0.274 e. The molecule has 0 saturated carbocycles. The number of amides is 2. The number of aryl methyl sites for hydroxylation is 1. The summed E-state index contributed by atoms with van der Waals surface area (Å²) in [6.07, 6.45) is 3.01. The average Bonchev–Trinajstić information content (AvgIpc) is 2.95. The van der Waals surface area contributed by atoms with Crippen LogP contribution in [0.4, 0.5) is 5.69 Å². The van der Waals surface area contributed by atoms with Crippen LogP contribution < -0.4 is 4.90 Å². The van der Waals surface area contributed by atoms with Gasteiger partial charge in [0.25, 0.3) is 0 Å². The van der Waals surface area contributed by atoms with E-state index in [1.54, 1.807) is 24.3 Å². The molecule has 1 fully saturated rings. The molecule has 0 bridgehead atoms. The number of fused-ring (bicyclic) bond motifs is 1. The third-order valence-electron chi connectivity index (χ3n) is 5.16. The van der Waals surface area contributed by atoms with Gasteiger partial charge in [0, 0.05) is 16.6 Å². The summed E-state index contributed by atoms with van der Waals surface area (Å²) in [5, 5.41) is 9.56. The van der Waals surface area contributed by atoms with E-state index in [4.69, 9.17) is 4.98 Å². The van der Waals surface area contributed by atoms with Gasteiger partial charge in [-0.2, -0.15) is 5.26 Å². The molecule has 2 aliphatic rings. The van der Waals surface area contributed by atoms with Crippen LogP contribution in [0.5, 0.6) is 0 Å². The molecule has 142 valence electrons. The zero-order valence-electron chi connectivity index (χ0n) is 15.3. The van der Waals surface area contributed by atoms with Gasteiger partial charge in [0.15, 0.2) is 0 Å². The summed E-state index contributed by atoms with van der Waals surface area (Å²) in [5.41, 5.74) is 3.19. The van der Waals surface area contributed by atoms with Crippen molar-refractivity contribution in [2.24, 2.45) is 5.92 Å². The molecule has 1 saturated heterocycles. The van der Waals surface area contributed by atoms with Crippen LogP contribution in [-0.4, -0.2) is 22.0 Å². The molecule has 4 rings (SSSR count). The second kappa shape index (κ2) is 7.69. The van der Waals surface area contributed by atoms with Gasteiger partial charge in [-0.15, -0.1) is 0 Å². The Hall–Kier alpha value is -2.17.